The summed E-state index contributed by atoms with van der Waals surface area (Å²) in [6.45, 7) is 0.851. The Morgan fingerprint density at radius 1 is 1.33 bits per heavy atom. The number of sulfonamides is 1. The van der Waals surface area contributed by atoms with Crippen molar-refractivity contribution in [3.05, 3.63) is 29.6 Å². The van der Waals surface area contributed by atoms with Gasteiger partial charge in [0.25, 0.3) is 0 Å². The Kier molecular flexibility index (Phi) is 4.92. The molecule has 3 N–H and O–H groups in total. The summed E-state index contributed by atoms with van der Waals surface area (Å²) in [6, 6.07) is 3.23. The zero-order chi connectivity index (χ0) is 15.5. The molecular formula is C13H17FN2O4S. The van der Waals surface area contributed by atoms with Gasteiger partial charge in [-0.15, -0.1) is 0 Å². The van der Waals surface area contributed by atoms with Gasteiger partial charge in [-0.3, -0.25) is 0 Å². The molecule has 0 bridgehead atoms. The van der Waals surface area contributed by atoms with Crippen molar-refractivity contribution >= 4 is 16.0 Å². The number of benzene rings is 1. The van der Waals surface area contributed by atoms with E-state index in [0.717, 1.165) is 31.0 Å². The summed E-state index contributed by atoms with van der Waals surface area (Å²) in [5, 5.41) is 12.1. The minimum absolute atomic E-state index is 0.165. The van der Waals surface area contributed by atoms with Crippen LogP contribution in [0.15, 0.2) is 23.1 Å². The first-order chi connectivity index (χ1) is 9.90. The van der Waals surface area contributed by atoms with E-state index in [-0.39, 0.29) is 12.1 Å². The van der Waals surface area contributed by atoms with Crippen molar-refractivity contribution in [2.24, 2.45) is 0 Å². The molecule has 0 heterocycles. The number of nitrogens with one attached hydrogen (secondary N) is 2. The molecule has 0 atom stereocenters. The lowest BCUT2D eigenvalue weighted by Crippen LogP contribution is -2.28. The van der Waals surface area contributed by atoms with Crippen LogP contribution >= 0.6 is 0 Å². The highest BCUT2D eigenvalue weighted by Crippen LogP contribution is 2.18. The van der Waals surface area contributed by atoms with Crippen LogP contribution in [0.3, 0.4) is 0 Å². The van der Waals surface area contributed by atoms with Gasteiger partial charge in [-0.1, -0.05) is 0 Å². The number of hydrogen-bond acceptors (Lipinski definition) is 4. The van der Waals surface area contributed by atoms with Gasteiger partial charge >= 0.3 is 5.97 Å². The average Bonchev–Trinajstić information content (AvgIpc) is 3.22. The molecule has 1 aromatic carbocycles. The highest BCUT2D eigenvalue weighted by atomic mass is 32.2. The van der Waals surface area contributed by atoms with Gasteiger partial charge in [0.15, 0.2) is 0 Å². The molecule has 0 aliphatic heterocycles. The monoisotopic (exact) mass is 316 g/mol. The summed E-state index contributed by atoms with van der Waals surface area (Å²) in [6.07, 6.45) is 2.88. The van der Waals surface area contributed by atoms with Crippen LogP contribution < -0.4 is 10.0 Å². The van der Waals surface area contributed by atoms with Crippen LogP contribution in [0, 0.1) is 5.82 Å². The van der Waals surface area contributed by atoms with Crippen LogP contribution in [0.25, 0.3) is 0 Å². The molecule has 0 amide bonds. The van der Waals surface area contributed by atoms with Gasteiger partial charge in [-0.25, -0.2) is 22.3 Å². The SMILES string of the molecule is O=C(O)c1ccc(F)c(S(=O)(=O)NCCCNC2CC2)c1. The Morgan fingerprint density at radius 3 is 2.67 bits per heavy atom. The Bertz CT molecular complexity index is 629. The standard InChI is InChI=1S/C13H17FN2O4S/c14-11-5-2-9(13(17)18)8-12(11)21(19,20)16-7-1-6-15-10-3-4-10/h2,5,8,10,15-16H,1,3-4,6-7H2,(H,17,18). The van der Waals surface area contributed by atoms with E-state index in [1.54, 1.807) is 0 Å². The third-order valence-corrected chi connectivity index (χ3v) is 4.60. The number of aromatic carboxylic acids is 1. The van der Waals surface area contributed by atoms with E-state index in [4.69, 9.17) is 5.11 Å². The number of hydrogen-bond donors (Lipinski definition) is 3. The van der Waals surface area contributed by atoms with Crippen molar-refractivity contribution in [3.63, 3.8) is 0 Å². The van der Waals surface area contributed by atoms with E-state index in [2.05, 4.69) is 10.0 Å². The first kappa shape index (κ1) is 15.9. The second kappa shape index (κ2) is 6.50. The molecule has 6 nitrogen and oxygen atoms in total. The number of carbonyl (C=O) groups is 1. The van der Waals surface area contributed by atoms with Crippen LogP contribution in [0.5, 0.6) is 0 Å². The van der Waals surface area contributed by atoms with Gasteiger partial charge in [0.2, 0.25) is 10.0 Å². The largest absolute Gasteiger partial charge is 0.478 e. The summed E-state index contributed by atoms with van der Waals surface area (Å²) in [4.78, 5) is 10.2. The molecule has 0 saturated heterocycles. The molecule has 0 unspecified atom stereocenters. The number of halogens is 1. The normalized spacial score (nSPS) is 15.1. The lowest BCUT2D eigenvalue weighted by atomic mass is 10.2. The summed E-state index contributed by atoms with van der Waals surface area (Å²) in [5.74, 6) is -2.27. The highest BCUT2D eigenvalue weighted by molar-refractivity contribution is 7.89. The molecule has 1 saturated carbocycles. The zero-order valence-electron chi connectivity index (χ0n) is 11.3. The predicted molar refractivity (Wildman–Crippen MR) is 74.2 cm³/mol. The Balaban J connectivity index is 1.97. The summed E-state index contributed by atoms with van der Waals surface area (Å²) < 4.78 is 39.8. The molecule has 0 aromatic heterocycles. The Morgan fingerprint density at radius 2 is 2.05 bits per heavy atom. The summed E-state index contributed by atoms with van der Waals surface area (Å²) >= 11 is 0. The molecule has 1 aromatic rings. The molecule has 116 valence electrons. The maximum absolute atomic E-state index is 13.6. The molecular weight excluding hydrogens is 299 g/mol. The number of carboxylic acids is 1. The smallest absolute Gasteiger partial charge is 0.335 e. The zero-order valence-corrected chi connectivity index (χ0v) is 12.1. The van der Waals surface area contributed by atoms with Gasteiger partial charge < -0.3 is 10.4 Å². The van der Waals surface area contributed by atoms with Crippen LogP contribution in [-0.4, -0.2) is 38.6 Å². The third kappa shape index (κ3) is 4.48. The molecule has 2 rings (SSSR count). The molecule has 1 fully saturated rings. The quantitative estimate of drug-likeness (QED) is 0.621. The summed E-state index contributed by atoms with van der Waals surface area (Å²) in [7, 11) is -4.05. The fourth-order valence-corrected chi connectivity index (χ4v) is 2.98. The lowest BCUT2D eigenvalue weighted by molar-refractivity contribution is 0.0696. The average molecular weight is 316 g/mol. The fraction of sp³-hybridized carbons (Fsp3) is 0.462. The van der Waals surface area contributed by atoms with Crippen molar-refractivity contribution in [2.45, 2.75) is 30.2 Å². The Hall–Kier alpha value is -1.51. The maximum Gasteiger partial charge on any atom is 0.335 e. The fourth-order valence-electron chi connectivity index (χ4n) is 1.81. The van der Waals surface area contributed by atoms with Crippen molar-refractivity contribution < 1.29 is 22.7 Å². The Labute approximate surface area is 122 Å². The first-order valence-corrected chi connectivity index (χ1v) is 8.14. The van der Waals surface area contributed by atoms with Gasteiger partial charge in [-0.2, -0.15) is 0 Å². The van der Waals surface area contributed by atoms with E-state index >= 15 is 0 Å². The second-order valence-electron chi connectivity index (χ2n) is 4.93. The van der Waals surface area contributed by atoms with E-state index in [0.29, 0.717) is 19.0 Å². The van der Waals surface area contributed by atoms with Crippen LogP contribution in [0.2, 0.25) is 0 Å². The third-order valence-electron chi connectivity index (χ3n) is 3.12. The number of rotatable bonds is 8. The van der Waals surface area contributed by atoms with E-state index in [1.165, 1.54) is 0 Å². The van der Waals surface area contributed by atoms with Crippen LogP contribution in [-0.2, 0) is 10.0 Å². The highest BCUT2D eigenvalue weighted by Gasteiger charge is 2.21. The number of carboxylic acid groups (broad SMARTS) is 1. The van der Waals surface area contributed by atoms with Crippen LogP contribution in [0.1, 0.15) is 29.6 Å². The molecule has 0 spiro atoms. The van der Waals surface area contributed by atoms with Gasteiger partial charge in [0.05, 0.1) is 5.56 Å². The van der Waals surface area contributed by atoms with Gasteiger partial charge in [0, 0.05) is 12.6 Å². The predicted octanol–water partition coefficient (Wildman–Crippen LogP) is 0.944. The van der Waals surface area contributed by atoms with E-state index in [1.807, 2.05) is 0 Å². The van der Waals surface area contributed by atoms with Crippen molar-refractivity contribution in [1.29, 1.82) is 0 Å². The molecule has 1 aliphatic carbocycles. The van der Waals surface area contributed by atoms with Crippen molar-refractivity contribution in [3.8, 4) is 0 Å². The lowest BCUT2D eigenvalue weighted by Gasteiger charge is -2.09. The van der Waals surface area contributed by atoms with E-state index in [9.17, 15) is 17.6 Å². The minimum atomic E-state index is -4.05. The minimum Gasteiger partial charge on any atom is -0.478 e. The first-order valence-electron chi connectivity index (χ1n) is 6.66. The van der Waals surface area contributed by atoms with E-state index < -0.39 is 26.7 Å². The topological polar surface area (TPSA) is 95.5 Å². The maximum atomic E-state index is 13.6. The molecule has 21 heavy (non-hydrogen) atoms. The summed E-state index contributed by atoms with van der Waals surface area (Å²) in [5.41, 5.74) is -0.271. The van der Waals surface area contributed by atoms with Gasteiger partial charge in [-0.05, 0) is 44.0 Å². The van der Waals surface area contributed by atoms with Crippen molar-refractivity contribution in [1.82, 2.24) is 10.0 Å². The van der Waals surface area contributed by atoms with Crippen LogP contribution in [0.4, 0.5) is 4.39 Å². The molecule has 0 radical (unpaired) electrons. The van der Waals surface area contributed by atoms with Crippen molar-refractivity contribution in [2.75, 3.05) is 13.1 Å². The molecule has 1 aliphatic rings. The second-order valence-corrected chi connectivity index (χ2v) is 6.67. The van der Waals surface area contributed by atoms with Gasteiger partial charge in [0.1, 0.15) is 10.7 Å². The molecule has 8 heteroatoms.